The summed E-state index contributed by atoms with van der Waals surface area (Å²) in [5, 5.41) is 8.61. The second kappa shape index (κ2) is 11.8. The van der Waals surface area contributed by atoms with Crippen molar-refractivity contribution >= 4 is 39.6 Å². The first kappa shape index (κ1) is 26.1. The molecule has 0 spiro atoms. The van der Waals surface area contributed by atoms with Gasteiger partial charge in [-0.1, -0.05) is 49.0 Å². The predicted molar refractivity (Wildman–Crippen MR) is 144 cm³/mol. The van der Waals surface area contributed by atoms with Crippen molar-refractivity contribution in [3.63, 3.8) is 0 Å². The van der Waals surface area contributed by atoms with Gasteiger partial charge in [-0.05, 0) is 59.5 Å². The Morgan fingerprint density at radius 2 is 2.00 bits per heavy atom. The molecule has 0 saturated heterocycles. The van der Waals surface area contributed by atoms with Gasteiger partial charge in [0.2, 0.25) is 11.1 Å². The van der Waals surface area contributed by atoms with Crippen LogP contribution in [0.2, 0.25) is 0 Å². The molecule has 1 aromatic heterocycles. The molecule has 0 aliphatic carbocycles. The fourth-order valence-corrected chi connectivity index (χ4v) is 5.19. The summed E-state index contributed by atoms with van der Waals surface area (Å²) in [4.78, 5) is 17.7. The van der Waals surface area contributed by atoms with Gasteiger partial charge in [0.1, 0.15) is 12.6 Å². The molecule has 36 heavy (non-hydrogen) atoms. The molecular weight excluding hydrogens is 544 g/mol. The number of nitrogens with one attached hydrogen (secondary N) is 1. The molecule has 2 aromatic carbocycles. The summed E-state index contributed by atoms with van der Waals surface area (Å²) in [5.74, 6) is 2.19. The highest BCUT2D eigenvalue weighted by atomic mass is 79.9. The van der Waals surface area contributed by atoms with Gasteiger partial charge in [0.05, 0.1) is 23.8 Å². The predicted octanol–water partition coefficient (Wildman–Crippen LogP) is 5.98. The van der Waals surface area contributed by atoms with Gasteiger partial charge in [0.25, 0.3) is 0 Å². The zero-order valence-corrected chi connectivity index (χ0v) is 23.1. The third-order valence-corrected chi connectivity index (χ3v) is 7.19. The maximum Gasteiger partial charge on any atom is 0.338 e. The van der Waals surface area contributed by atoms with Crippen LogP contribution in [0.25, 0.3) is 0 Å². The van der Waals surface area contributed by atoms with Crippen LogP contribution < -0.4 is 14.8 Å². The SMILES string of the molecule is CCCSc1nc2n(n1)C(c1cc(Br)c(OCc3ccccc3)c(OC)c1)C(C(=O)OCC)=C(C)N2. The van der Waals surface area contributed by atoms with E-state index in [-0.39, 0.29) is 6.61 Å². The molecule has 1 atom stereocenters. The van der Waals surface area contributed by atoms with Crippen LogP contribution in [-0.2, 0) is 16.1 Å². The Morgan fingerprint density at radius 3 is 2.69 bits per heavy atom. The third kappa shape index (κ3) is 5.54. The first-order valence-electron chi connectivity index (χ1n) is 11.7. The number of carbonyl (C=O) groups is 1. The van der Waals surface area contributed by atoms with E-state index in [1.807, 2.05) is 49.4 Å². The lowest BCUT2D eigenvalue weighted by molar-refractivity contribution is -0.139. The highest BCUT2D eigenvalue weighted by molar-refractivity contribution is 9.10. The van der Waals surface area contributed by atoms with Crippen LogP contribution in [0.3, 0.4) is 0 Å². The Hall–Kier alpha value is -2.98. The average Bonchev–Trinajstić information content (AvgIpc) is 3.28. The van der Waals surface area contributed by atoms with E-state index < -0.39 is 12.0 Å². The Labute approximate surface area is 223 Å². The first-order valence-corrected chi connectivity index (χ1v) is 13.5. The van der Waals surface area contributed by atoms with Crippen molar-refractivity contribution < 1.29 is 19.0 Å². The molecular formula is C26H29BrN4O4S. The molecule has 4 rings (SSSR count). The number of benzene rings is 2. The lowest BCUT2D eigenvalue weighted by atomic mass is 9.95. The van der Waals surface area contributed by atoms with E-state index >= 15 is 0 Å². The molecule has 8 nitrogen and oxygen atoms in total. The normalized spacial score (nSPS) is 14.8. The lowest BCUT2D eigenvalue weighted by Gasteiger charge is -2.28. The fraction of sp³-hybridized carbons (Fsp3) is 0.346. The van der Waals surface area contributed by atoms with Crippen LogP contribution in [0.1, 0.15) is 44.4 Å². The first-order chi connectivity index (χ1) is 17.5. The van der Waals surface area contributed by atoms with E-state index in [4.69, 9.17) is 19.3 Å². The van der Waals surface area contributed by atoms with Crippen LogP contribution in [0.4, 0.5) is 5.95 Å². The van der Waals surface area contributed by atoms with Crippen LogP contribution in [0.5, 0.6) is 11.5 Å². The molecule has 0 saturated carbocycles. The average molecular weight is 574 g/mol. The van der Waals surface area contributed by atoms with Crippen molar-refractivity contribution in [3.05, 3.63) is 69.3 Å². The number of hydrogen-bond acceptors (Lipinski definition) is 8. The maximum atomic E-state index is 13.1. The molecule has 0 amide bonds. The second-order valence-corrected chi connectivity index (χ2v) is 10.0. The molecule has 2 heterocycles. The Morgan fingerprint density at radius 1 is 1.22 bits per heavy atom. The largest absolute Gasteiger partial charge is 0.493 e. The monoisotopic (exact) mass is 572 g/mol. The molecule has 1 N–H and O–H groups in total. The number of esters is 1. The number of fused-ring (bicyclic) bond motifs is 1. The lowest BCUT2D eigenvalue weighted by Crippen LogP contribution is -2.29. The van der Waals surface area contributed by atoms with Gasteiger partial charge in [0.15, 0.2) is 11.5 Å². The number of methoxy groups -OCH3 is 1. The summed E-state index contributed by atoms with van der Waals surface area (Å²) in [6, 6.07) is 13.2. The van der Waals surface area contributed by atoms with Crippen LogP contribution in [0, 0.1) is 0 Å². The molecule has 0 radical (unpaired) electrons. The number of carbonyl (C=O) groups excluding carboxylic acids is 1. The summed E-state index contributed by atoms with van der Waals surface area (Å²) >= 11 is 5.24. The molecule has 190 valence electrons. The van der Waals surface area contributed by atoms with Crippen molar-refractivity contribution in [2.45, 2.75) is 45.0 Å². The van der Waals surface area contributed by atoms with Gasteiger partial charge < -0.3 is 19.5 Å². The smallest absolute Gasteiger partial charge is 0.338 e. The van der Waals surface area contributed by atoms with Crippen molar-refractivity contribution in [1.82, 2.24) is 14.8 Å². The number of thioether (sulfide) groups is 1. The van der Waals surface area contributed by atoms with Gasteiger partial charge in [0, 0.05) is 11.4 Å². The Bertz CT molecular complexity index is 1260. The highest BCUT2D eigenvalue weighted by Gasteiger charge is 2.36. The molecule has 1 unspecified atom stereocenters. The quantitative estimate of drug-likeness (QED) is 0.234. The van der Waals surface area contributed by atoms with Crippen LogP contribution >= 0.6 is 27.7 Å². The minimum absolute atomic E-state index is 0.267. The minimum atomic E-state index is -0.558. The number of rotatable bonds is 10. The summed E-state index contributed by atoms with van der Waals surface area (Å²) < 4.78 is 19.7. The van der Waals surface area contributed by atoms with Crippen molar-refractivity contribution in [3.8, 4) is 11.5 Å². The molecule has 1 aliphatic heterocycles. The zero-order chi connectivity index (χ0) is 25.7. The van der Waals surface area contributed by atoms with E-state index in [0.29, 0.717) is 45.0 Å². The van der Waals surface area contributed by atoms with E-state index in [0.717, 1.165) is 23.3 Å². The number of hydrogen-bond donors (Lipinski definition) is 1. The number of ether oxygens (including phenoxy) is 3. The van der Waals surface area contributed by atoms with Gasteiger partial charge in [-0.2, -0.15) is 4.98 Å². The number of aromatic nitrogens is 3. The number of nitrogens with zero attached hydrogens (tertiary/aromatic N) is 3. The van der Waals surface area contributed by atoms with Crippen LogP contribution in [0.15, 0.2) is 63.4 Å². The highest BCUT2D eigenvalue weighted by Crippen LogP contribution is 2.43. The standard InChI is InChI=1S/C26H29BrN4O4S/c1-5-12-36-26-29-25-28-16(3)21(24(32)34-6-2)22(31(25)30-26)18-13-19(27)23(20(14-18)33-4)35-15-17-10-8-7-9-11-17/h7-11,13-14,22H,5-6,12,15H2,1-4H3,(H,28,29,30). The van der Waals surface area contributed by atoms with E-state index in [1.54, 1.807) is 30.5 Å². The number of allylic oxidation sites excluding steroid dienone is 1. The van der Waals surface area contributed by atoms with Crippen molar-refractivity contribution in [2.24, 2.45) is 0 Å². The van der Waals surface area contributed by atoms with E-state index in [9.17, 15) is 4.79 Å². The van der Waals surface area contributed by atoms with Gasteiger partial charge >= 0.3 is 5.97 Å². The van der Waals surface area contributed by atoms with E-state index in [2.05, 4.69) is 33.2 Å². The molecule has 0 bridgehead atoms. The summed E-state index contributed by atoms with van der Waals surface area (Å²) in [6.07, 6.45) is 1.01. The van der Waals surface area contributed by atoms with Crippen LogP contribution in [-0.4, -0.2) is 40.2 Å². The maximum absolute atomic E-state index is 13.1. The van der Waals surface area contributed by atoms with Gasteiger partial charge in [-0.3, -0.25) is 0 Å². The summed E-state index contributed by atoms with van der Waals surface area (Å²) in [7, 11) is 1.59. The second-order valence-electron chi connectivity index (χ2n) is 8.11. The molecule has 10 heteroatoms. The van der Waals surface area contributed by atoms with Crippen molar-refractivity contribution in [2.75, 3.05) is 24.8 Å². The topological polar surface area (TPSA) is 87.5 Å². The Kier molecular flexibility index (Phi) is 8.58. The fourth-order valence-electron chi connectivity index (χ4n) is 3.93. The minimum Gasteiger partial charge on any atom is -0.493 e. The summed E-state index contributed by atoms with van der Waals surface area (Å²) in [5.41, 5.74) is 2.97. The summed E-state index contributed by atoms with van der Waals surface area (Å²) in [6.45, 7) is 6.40. The molecule has 3 aromatic rings. The molecule has 1 aliphatic rings. The number of anilines is 1. The zero-order valence-electron chi connectivity index (χ0n) is 20.7. The van der Waals surface area contributed by atoms with E-state index in [1.165, 1.54) is 0 Å². The number of halogens is 1. The third-order valence-electron chi connectivity index (χ3n) is 5.56. The van der Waals surface area contributed by atoms with Gasteiger partial charge in [-0.25, -0.2) is 9.48 Å². The Balaban J connectivity index is 1.76. The van der Waals surface area contributed by atoms with Crippen molar-refractivity contribution in [1.29, 1.82) is 0 Å². The molecule has 0 fully saturated rings. The van der Waals surface area contributed by atoms with Gasteiger partial charge in [-0.15, -0.1) is 5.10 Å².